The summed E-state index contributed by atoms with van der Waals surface area (Å²) in [5, 5.41) is 1.22. The van der Waals surface area contributed by atoms with E-state index in [1.807, 2.05) is 0 Å². The van der Waals surface area contributed by atoms with Crippen molar-refractivity contribution in [3.05, 3.63) is 45.9 Å². The van der Waals surface area contributed by atoms with E-state index < -0.39 is 23.3 Å². The van der Waals surface area contributed by atoms with E-state index in [9.17, 15) is 26.7 Å². The zero-order valence-electron chi connectivity index (χ0n) is 14.2. The molecule has 1 aromatic carbocycles. The fourth-order valence-electron chi connectivity index (χ4n) is 2.58. The molecule has 0 amide bonds. The molecule has 0 atom stereocenters. The summed E-state index contributed by atoms with van der Waals surface area (Å²) in [6, 6.07) is 5.62. The molecule has 0 aliphatic heterocycles. The minimum Gasteiger partial charge on any atom is -0.495 e. The van der Waals surface area contributed by atoms with E-state index in [0.717, 1.165) is 11.4 Å². The third-order valence-electron chi connectivity index (χ3n) is 3.87. The fraction of sp³-hybridized carbons (Fsp3) is 0.235. The lowest BCUT2D eigenvalue weighted by molar-refractivity contribution is -0.359. The second-order valence-electron chi connectivity index (χ2n) is 5.71. The van der Waals surface area contributed by atoms with Gasteiger partial charge in [0.05, 0.1) is 23.2 Å². The summed E-state index contributed by atoms with van der Waals surface area (Å²) in [4.78, 5) is 12.8. The lowest BCUT2D eigenvalue weighted by atomic mass is 10.2. The lowest BCUT2D eigenvalue weighted by Crippen LogP contribution is -2.41. The number of ether oxygens (including phenoxy) is 2. The van der Waals surface area contributed by atoms with E-state index >= 15 is 0 Å². The normalized spacial score (nSPS) is 12.4. The van der Waals surface area contributed by atoms with Crippen molar-refractivity contribution in [3.63, 3.8) is 0 Å². The van der Waals surface area contributed by atoms with Crippen LogP contribution in [0.4, 0.5) is 22.0 Å². The summed E-state index contributed by atoms with van der Waals surface area (Å²) in [5.41, 5.74) is 0.817. The van der Waals surface area contributed by atoms with Gasteiger partial charge in [0.1, 0.15) is 5.75 Å². The molecule has 0 saturated carbocycles. The van der Waals surface area contributed by atoms with Crippen molar-refractivity contribution in [2.24, 2.45) is 0 Å². The minimum absolute atomic E-state index is 0.106. The molecule has 0 radical (unpaired) electrons. The third kappa shape index (κ3) is 3.42. The maximum Gasteiger partial charge on any atom is 0.499 e. The van der Waals surface area contributed by atoms with E-state index in [0.29, 0.717) is 33.7 Å². The van der Waals surface area contributed by atoms with Crippen LogP contribution in [0.5, 0.6) is 10.8 Å². The molecule has 0 aliphatic carbocycles. The first kappa shape index (κ1) is 20.4. The van der Waals surface area contributed by atoms with Crippen molar-refractivity contribution in [1.29, 1.82) is 0 Å². The summed E-state index contributed by atoms with van der Waals surface area (Å²) < 4.78 is 73.0. The van der Waals surface area contributed by atoms with Crippen molar-refractivity contribution >= 4 is 39.7 Å². The van der Waals surface area contributed by atoms with Gasteiger partial charge < -0.3 is 9.47 Å². The van der Waals surface area contributed by atoms with E-state index in [-0.39, 0.29) is 10.6 Å². The van der Waals surface area contributed by atoms with Crippen LogP contribution in [-0.4, -0.2) is 29.9 Å². The van der Waals surface area contributed by atoms with Crippen LogP contribution in [0.25, 0.3) is 10.9 Å². The van der Waals surface area contributed by atoms with Gasteiger partial charge in [0, 0.05) is 22.5 Å². The summed E-state index contributed by atoms with van der Waals surface area (Å²) >= 11 is 6.70. The molecule has 0 N–H and O–H groups in total. The molecule has 3 rings (SSSR count). The van der Waals surface area contributed by atoms with Crippen LogP contribution in [-0.2, 0) is 0 Å². The number of aryl methyl sites for hydroxylation is 1. The average Bonchev–Trinajstić information content (AvgIpc) is 3.17. The summed E-state index contributed by atoms with van der Waals surface area (Å²) in [7, 11) is 1.44. The van der Waals surface area contributed by atoms with Gasteiger partial charge in [-0.25, -0.2) is 0 Å². The fourth-order valence-corrected chi connectivity index (χ4v) is 3.63. The summed E-state index contributed by atoms with van der Waals surface area (Å²) in [6.07, 6.45) is -11.2. The predicted octanol–water partition coefficient (Wildman–Crippen LogP) is 5.90. The Morgan fingerprint density at radius 3 is 2.46 bits per heavy atom. The molecule has 0 saturated heterocycles. The van der Waals surface area contributed by atoms with E-state index in [4.69, 9.17) is 16.3 Å². The third-order valence-corrected chi connectivity index (χ3v) is 5.07. The van der Waals surface area contributed by atoms with Crippen molar-refractivity contribution in [3.8, 4) is 10.8 Å². The monoisotopic (exact) mass is 439 g/mol. The Kier molecular flexibility index (Phi) is 5.05. The number of halogens is 6. The molecular formula is C17H11ClF5NO3S. The molecule has 150 valence electrons. The number of hydrogen-bond acceptors (Lipinski definition) is 4. The molecule has 0 unspecified atom stereocenters. The number of benzene rings is 1. The van der Waals surface area contributed by atoms with Crippen LogP contribution in [0.3, 0.4) is 0 Å². The Balaban J connectivity index is 1.97. The number of fused-ring (bicyclic) bond motifs is 1. The van der Waals surface area contributed by atoms with E-state index in [2.05, 4.69) is 4.74 Å². The SMILES string of the molecule is COc1ccc2c(cc(C)n2C(=O)c2csc(OC(F)(F)C(F)(F)F)c2)c1Cl. The van der Waals surface area contributed by atoms with Gasteiger partial charge in [-0.15, -0.1) is 11.3 Å². The smallest absolute Gasteiger partial charge is 0.495 e. The first-order chi connectivity index (χ1) is 13.0. The number of rotatable bonds is 4. The van der Waals surface area contributed by atoms with Crippen LogP contribution in [0.15, 0.2) is 29.6 Å². The first-order valence-electron chi connectivity index (χ1n) is 7.57. The molecule has 0 fully saturated rings. The molecule has 0 aliphatic rings. The molecule has 28 heavy (non-hydrogen) atoms. The molecule has 2 heterocycles. The van der Waals surface area contributed by atoms with Gasteiger partial charge in [0.25, 0.3) is 5.91 Å². The second kappa shape index (κ2) is 6.93. The van der Waals surface area contributed by atoms with Crippen LogP contribution in [0.2, 0.25) is 5.02 Å². The van der Waals surface area contributed by atoms with E-state index in [1.165, 1.54) is 11.7 Å². The highest BCUT2D eigenvalue weighted by Gasteiger charge is 2.61. The number of alkyl halides is 5. The van der Waals surface area contributed by atoms with Crippen LogP contribution in [0.1, 0.15) is 16.1 Å². The maximum atomic E-state index is 13.0. The minimum atomic E-state index is -5.87. The lowest BCUT2D eigenvalue weighted by Gasteiger charge is -2.18. The van der Waals surface area contributed by atoms with Crippen LogP contribution >= 0.6 is 22.9 Å². The Morgan fingerprint density at radius 1 is 1.18 bits per heavy atom. The van der Waals surface area contributed by atoms with Gasteiger partial charge in [-0.3, -0.25) is 9.36 Å². The van der Waals surface area contributed by atoms with Crippen molar-refractivity contribution < 1.29 is 36.2 Å². The van der Waals surface area contributed by atoms with Gasteiger partial charge in [-0.1, -0.05) is 11.6 Å². The first-order valence-corrected chi connectivity index (χ1v) is 8.83. The summed E-state index contributed by atoms with van der Waals surface area (Å²) in [6.45, 7) is 1.63. The number of hydrogen-bond donors (Lipinski definition) is 0. The van der Waals surface area contributed by atoms with Crippen LogP contribution in [0, 0.1) is 6.92 Å². The molecule has 2 aromatic heterocycles. The van der Waals surface area contributed by atoms with E-state index in [1.54, 1.807) is 25.1 Å². The number of thiophene rings is 1. The van der Waals surface area contributed by atoms with Gasteiger partial charge in [0.15, 0.2) is 5.06 Å². The highest BCUT2D eigenvalue weighted by atomic mass is 35.5. The topological polar surface area (TPSA) is 40.5 Å². The van der Waals surface area contributed by atoms with Gasteiger partial charge in [0.2, 0.25) is 0 Å². The number of carbonyl (C=O) groups is 1. The Bertz CT molecular complexity index is 1060. The molecule has 11 heteroatoms. The molecule has 0 spiro atoms. The van der Waals surface area contributed by atoms with Crippen LogP contribution < -0.4 is 9.47 Å². The quantitative estimate of drug-likeness (QED) is 0.475. The molecule has 4 nitrogen and oxygen atoms in total. The Labute approximate surface area is 164 Å². The van der Waals surface area contributed by atoms with Gasteiger partial charge >= 0.3 is 12.3 Å². The van der Waals surface area contributed by atoms with Crippen molar-refractivity contribution in [2.45, 2.75) is 19.2 Å². The van der Waals surface area contributed by atoms with Gasteiger partial charge in [-0.2, -0.15) is 22.0 Å². The van der Waals surface area contributed by atoms with Crippen molar-refractivity contribution in [2.75, 3.05) is 7.11 Å². The molecular weight excluding hydrogens is 429 g/mol. The predicted molar refractivity (Wildman–Crippen MR) is 93.9 cm³/mol. The number of nitrogens with zero attached hydrogens (tertiary/aromatic N) is 1. The second-order valence-corrected chi connectivity index (χ2v) is 6.96. The number of carbonyl (C=O) groups excluding carboxylic acids is 1. The zero-order chi connectivity index (χ0) is 20.9. The largest absolute Gasteiger partial charge is 0.499 e. The zero-order valence-corrected chi connectivity index (χ0v) is 15.8. The summed E-state index contributed by atoms with van der Waals surface area (Å²) in [5.74, 6) is -0.227. The highest BCUT2D eigenvalue weighted by molar-refractivity contribution is 7.12. The highest BCUT2D eigenvalue weighted by Crippen LogP contribution is 2.40. The van der Waals surface area contributed by atoms with Crippen molar-refractivity contribution in [1.82, 2.24) is 4.57 Å². The standard InChI is InChI=1S/C17H11ClF5NO3S/c1-8-5-10-11(3-4-12(26-2)14(10)18)24(8)15(25)9-6-13(28-7-9)27-17(22,23)16(19,20)21/h3-7H,1-2H3. The Morgan fingerprint density at radius 2 is 1.86 bits per heavy atom. The average molecular weight is 440 g/mol. The number of aromatic nitrogens is 1. The molecule has 0 bridgehead atoms. The maximum absolute atomic E-state index is 13.0. The Hall–Kier alpha value is -2.33. The number of methoxy groups -OCH3 is 1. The molecule has 3 aromatic rings. The van der Waals surface area contributed by atoms with Gasteiger partial charge in [-0.05, 0) is 25.1 Å².